The quantitative estimate of drug-likeness (QED) is 0.897. The van der Waals surface area contributed by atoms with E-state index in [0.717, 1.165) is 12.3 Å². The Balaban J connectivity index is 1.93. The molecule has 2 aliphatic carbocycles. The van der Waals surface area contributed by atoms with Crippen molar-refractivity contribution in [2.24, 2.45) is 5.73 Å². The molecule has 2 heteroatoms. The van der Waals surface area contributed by atoms with Gasteiger partial charge in [-0.05, 0) is 45.1 Å². The maximum Gasteiger partial charge on any atom is 0.123 e. The van der Waals surface area contributed by atoms with E-state index in [9.17, 15) is 0 Å². The highest BCUT2D eigenvalue weighted by Gasteiger charge is 2.35. The first-order valence-electron chi connectivity index (χ1n) is 8.21. The Kier molecular flexibility index (Phi) is 4.02. The van der Waals surface area contributed by atoms with Gasteiger partial charge in [-0.25, -0.2) is 0 Å². The standard InChI is InChI=1S/C18H27NO/c1-14-8-9-17(20-15-6-5-7-15)16(12-14)18(13-19)10-3-2-4-11-18/h8-9,12,15H,2-7,10-11,13,19H2,1H3. The molecule has 2 aliphatic rings. The van der Waals surface area contributed by atoms with Crippen molar-refractivity contribution in [1.82, 2.24) is 0 Å². The Morgan fingerprint density at radius 3 is 2.50 bits per heavy atom. The van der Waals surface area contributed by atoms with Crippen LogP contribution in [0.25, 0.3) is 0 Å². The molecule has 20 heavy (non-hydrogen) atoms. The molecule has 2 fully saturated rings. The summed E-state index contributed by atoms with van der Waals surface area (Å²) in [6.07, 6.45) is 10.6. The van der Waals surface area contributed by atoms with Gasteiger partial charge in [-0.3, -0.25) is 0 Å². The zero-order chi connectivity index (χ0) is 14.0. The molecule has 0 radical (unpaired) electrons. The Morgan fingerprint density at radius 1 is 1.15 bits per heavy atom. The minimum atomic E-state index is 0.156. The van der Waals surface area contributed by atoms with E-state index in [0.29, 0.717) is 6.10 Å². The number of nitrogens with two attached hydrogens (primary N) is 1. The van der Waals surface area contributed by atoms with E-state index in [1.807, 2.05) is 0 Å². The van der Waals surface area contributed by atoms with E-state index in [1.54, 1.807) is 0 Å². The first-order chi connectivity index (χ1) is 9.73. The molecular weight excluding hydrogens is 246 g/mol. The third kappa shape index (κ3) is 2.58. The van der Waals surface area contributed by atoms with Gasteiger partial charge in [0, 0.05) is 17.5 Å². The summed E-state index contributed by atoms with van der Waals surface area (Å²) in [4.78, 5) is 0. The summed E-state index contributed by atoms with van der Waals surface area (Å²) in [6, 6.07) is 6.67. The van der Waals surface area contributed by atoms with Crippen LogP contribution in [0.3, 0.4) is 0 Å². The van der Waals surface area contributed by atoms with Gasteiger partial charge < -0.3 is 10.5 Å². The molecule has 0 saturated heterocycles. The Morgan fingerprint density at radius 2 is 1.90 bits per heavy atom. The van der Waals surface area contributed by atoms with E-state index < -0.39 is 0 Å². The average Bonchev–Trinajstić information content (AvgIpc) is 2.44. The zero-order valence-corrected chi connectivity index (χ0v) is 12.7. The Bertz CT molecular complexity index is 458. The fourth-order valence-electron chi connectivity index (χ4n) is 3.64. The number of hydrogen-bond donors (Lipinski definition) is 1. The lowest BCUT2D eigenvalue weighted by molar-refractivity contribution is 0.115. The molecule has 2 saturated carbocycles. The van der Waals surface area contributed by atoms with E-state index in [4.69, 9.17) is 10.5 Å². The van der Waals surface area contributed by atoms with Crippen LogP contribution in [0.5, 0.6) is 5.75 Å². The number of ether oxygens (including phenoxy) is 1. The minimum absolute atomic E-state index is 0.156. The highest BCUT2D eigenvalue weighted by atomic mass is 16.5. The Hall–Kier alpha value is -1.02. The first-order valence-corrected chi connectivity index (χ1v) is 8.21. The van der Waals surface area contributed by atoms with Crippen LogP contribution >= 0.6 is 0 Å². The highest BCUT2D eigenvalue weighted by molar-refractivity contribution is 5.43. The van der Waals surface area contributed by atoms with Crippen LogP contribution in [0.4, 0.5) is 0 Å². The van der Waals surface area contributed by atoms with Gasteiger partial charge in [-0.1, -0.05) is 37.0 Å². The van der Waals surface area contributed by atoms with Gasteiger partial charge in [-0.2, -0.15) is 0 Å². The summed E-state index contributed by atoms with van der Waals surface area (Å²) in [5.74, 6) is 1.10. The normalized spacial score (nSPS) is 22.3. The van der Waals surface area contributed by atoms with E-state index in [2.05, 4.69) is 25.1 Å². The van der Waals surface area contributed by atoms with Gasteiger partial charge in [-0.15, -0.1) is 0 Å². The summed E-state index contributed by atoms with van der Waals surface area (Å²) >= 11 is 0. The molecule has 0 atom stereocenters. The van der Waals surface area contributed by atoms with Crippen LogP contribution < -0.4 is 10.5 Å². The third-order valence-corrected chi connectivity index (χ3v) is 5.25. The zero-order valence-electron chi connectivity index (χ0n) is 12.7. The van der Waals surface area contributed by atoms with Crippen molar-refractivity contribution in [2.75, 3.05) is 6.54 Å². The molecule has 0 heterocycles. The molecular formula is C18H27NO. The third-order valence-electron chi connectivity index (χ3n) is 5.25. The average molecular weight is 273 g/mol. The van der Waals surface area contributed by atoms with Gasteiger partial charge in [0.25, 0.3) is 0 Å². The number of hydrogen-bond acceptors (Lipinski definition) is 2. The summed E-state index contributed by atoms with van der Waals surface area (Å²) in [7, 11) is 0. The van der Waals surface area contributed by atoms with Gasteiger partial charge in [0.1, 0.15) is 5.75 Å². The van der Waals surface area contributed by atoms with Gasteiger partial charge in [0.2, 0.25) is 0 Å². The lowest BCUT2D eigenvalue weighted by atomic mass is 9.69. The van der Waals surface area contributed by atoms with Crippen LogP contribution in [-0.2, 0) is 5.41 Å². The molecule has 2 nitrogen and oxygen atoms in total. The number of benzene rings is 1. The molecule has 2 N–H and O–H groups in total. The van der Waals surface area contributed by atoms with Crippen LogP contribution in [0.15, 0.2) is 18.2 Å². The maximum absolute atomic E-state index is 6.26. The van der Waals surface area contributed by atoms with E-state index in [1.165, 1.54) is 62.5 Å². The fourth-order valence-corrected chi connectivity index (χ4v) is 3.64. The number of aryl methyl sites for hydroxylation is 1. The summed E-state index contributed by atoms with van der Waals surface area (Å²) < 4.78 is 6.26. The predicted octanol–water partition coefficient (Wildman–Crippen LogP) is 4.09. The van der Waals surface area contributed by atoms with Crippen molar-refractivity contribution in [3.05, 3.63) is 29.3 Å². The molecule has 0 bridgehead atoms. The van der Waals surface area contributed by atoms with Crippen molar-refractivity contribution in [2.45, 2.75) is 69.8 Å². The molecule has 110 valence electrons. The molecule has 0 unspecified atom stereocenters. The van der Waals surface area contributed by atoms with Crippen molar-refractivity contribution in [1.29, 1.82) is 0 Å². The molecule has 1 aromatic carbocycles. The van der Waals surface area contributed by atoms with Crippen LogP contribution in [-0.4, -0.2) is 12.6 Å². The van der Waals surface area contributed by atoms with E-state index >= 15 is 0 Å². The van der Waals surface area contributed by atoms with Gasteiger partial charge >= 0.3 is 0 Å². The van der Waals surface area contributed by atoms with Gasteiger partial charge in [0.05, 0.1) is 6.10 Å². The molecule has 3 rings (SSSR count). The van der Waals surface area contributed by atoms with Crippen molar-refractivity contribution in [3.63, 3.8) is 0 Å². The number of rotatable bonds is 4. The molecule has 1 aromatic rings. The first kappa shape index (κ1) is 13.9. The van der Waals surface area contributed by atoms with E-state index in [-0.39, 0.29) is 5.41 Å². The molecule has 0 amide bonds. The van der Waals surface area contributed by atoms with Crippen molar-refractivity contribution >= 4 is 0 Å². The predicted molar refractivity (Wildman–Crippen MR) is 83.3 cm³/mol. The second kappa shape index (κ2) is 5.77. The monoisotopic (exact) mass is 273 g/mol. The minimum Gasteiger partial charge on any atom is -0.490 e. The molecule has 0 aromatic heterocycles. The SMILES string of the molecule is Cc1ccc(OC2CCC2)c(C2(CN)CCCCC2)c1. The second-order valence-corrected chi connectivity index (χ2v) is 6.72. The van der Waals surface area contributed by atoms with Crippen LogP contribution in [0.2, 0.25) is 0 Å². The lowest BCUT2D eigenvalue weighted by Gasteiger charge is -2.39. The Labute approximate surface area is 122 Å². The largest absolute Gasteiger partial charge is 0.490 e. The van der Waals surface area contributed by atoms with Crippen molar-refractivity contribution < 1.29 is 4.74 Å². The topological polar surface area (TPSA) is 35.2 Å². The highest BCUT2D eigenvalue weighted by Crippen LogP contribution is 2.43. The summed E-state index contributed by atoms with van der Waals surface area (Å²) in [5.41, 5.74) is 9.07. The molecule has 0 spiro atoms. The lowest BCUT2D eigenvalue weighted by Crippen LogP contribution is -2.38. The summed E-state index contributed by atoms with van der Waals surface area (Å²) in [5, 5.41) is 0. The molecule has 0 aliphatic heterocycles. The smallest absolute Gasteiger partial charge is 0.123 e. The second-order valence-electron chi connectivity index (χ2n) is 6.72. The fraction of sp³-hybridized carbons (Fsp3) is 0.667. The van der Waals surface area contributed by atoms with Crippen LogP contribution in [0, 0.1) is 6.92 Å². The maximum atomic E-state index is 6.26. The summed E-state index contributed by atoms with van der Waals surface area (Å²) in [6.45, 7) is 2.92. The van der Waals surface area contributed by atoms with Crippen LogP contribution in [0.1, 0.15) is 62.5 Å². The van der Waals surface area contributed by atoms with Gasteiger partial charge in [0.15, 0.2) is 0 Å². The van der Waals surface area contributed by atoms with Crippen molar-refractivity contribution in [3.8, 4) is 5.75 Å².